The Labute approximate surface area is 135 Å². The largest absolute Gasteiger partial charge is 0.364 e. The summed E-state index contributed by atoms with van der Waals surface area (Å²) < 4.78 is 6.18. The SMILES string of the molecule is CC1(C)C(=O)C(C#N)=C[C@]2(C)C3=CC(=O)C=C[C@]3(C)C[C@@H]3O[C@]312. The third-order valence-corrected chi connectivity index (χ3v) is 6.48. The van der Waals surface area contributed by atoms with Crippen LogP contribution in [-0.4, -0.2) is 23.3 Å². The predicted octanol–water partition coefficient (Wildman–Crippen LogP) is 2.66. The van der Waals surface area contributed by atoms with E-state index in [1.807, 2.05) is 32.9 Å². The van der Waals surface area contributed by atoms with Crippen molar-refractivity contribution in [1.29, 1.82) is 5.26 Å². The molecule has 1 spiro atoms. The molecular weight excluding hydrogens is 290 g/mol. The van der Waals surface area contributed by atoms with Crippen LogP contribution >= 0.6 is 0 Å². The van der Waals surface area contributed by atoms with Crippen molar-refractivity contribution in [3.8, 4) is 6.07 Å². The Hall–Kier alpha value is -1.99. The van der Waals surface area contributed by atoms with Gasteiger partial charge in [-0.15, -0.1) is 0 Å². The Kier molecular flexibility index (Phi) is 2.37. The van der Waals surface area contributed by atoms with Gasteiger partial charge in [-0.3, -0.25) is 9.59 Å². The second-order valence-corrected chi connectivity index (χ2v) is 8.08. The number of nitriles is 1. The molecule has 0 aromatic rings. The van der Waals surface area contributed by atoms with Gasteiger partial charge in [-0.1, -0.05) is 13.0 Å². The van der Waals surface area contributed by atoms with Gasteiger partial charge in [0.25, 0.3) is 0 Å². The van der Waals surface area contributed by atoms with E-state index in [1.54, 1.807) is 18.2 Å². The molecule has 4 atom stereocenters. The van der Waals surface area contributed by atoms with Gasteiger partial charge in [-0.25, -0.2) is 0 Å². The van der Waals surface area contributed by atoms with Crippen molar-refractivity contribution in [3.63, 3.8) is 0 Å². The maximum Gasteiger partial charge on any atom is 0.181 e. The molecule has 1 aliphatic heterocycles. The number of fused-ring (bicyclic) bond motifs is 2. The quantitative estimate of drug-likeness (QED) is 0.645. The highest BCUT2D eigenvalue weighted by atomic mass is 16.6. The summed E-state index contributed by atoms with van der Waals surface area (Å²) in [6.07, 6.45) is 7.70. The third kappa shape index (κ3) is 1.36. The van der Waals surface area contributed by atoms with Crippen molar-refractivity contribution in [3.05, 3.63) is 35.5 Å². The van der Waals surface area contributed by atoms with Crippen molar-refractivity contribution < 1.29 is 14.3 Å². The predicted molar refractivity (Wildman–Crippen MR) is 83.1 cm³/mol. The molecule has 1 saturated heterocycles. The number of allylic oxidation sites excluding steroid dienone is 4. The maximum atomic E-state index is 12.7. The molecule has 118 valence electrons. The fourth-order valence-electron chi connectivity index (χ4n) is 5.38. The first-order valence-corrected chi connectivity index (χ1v) is 7.94. The summed E-state index contributed by atoms with van der Waals surface area (Å²) in [5.74, 6) is -0.212. The third-order valence-electron chi connectivity index (χ3n) is 6.48. The summed E-state index contributed by atoms with van der Waals surface area (Å²) in [5, 5.41) is 9.43. The normalized spacial score (nSPS) is 46.0. The number of ether oxygens (including phenoxy) is 1. The van der Waals surface area contributed by atoms with E-state index in [2.05, 4.69) is 6.92 Å². The molecule has 3 aliphatic carbocycles. The van der Waals surface area contributed by atoms with Gasteiger partial charge in [-0.2, -0.15) is 5.26 Å². The fraction of sp³-hybridized carbons (Fsp3) is 0.526. The average molecular weight is 309 g/mol. The van der Waals surface area contributed by atoms with Crippen LogP contribution in [0.4, 0.5) is 0 Å². The van der Waals surface area contributed by atoms with Crippen LogP contribution in [0.15, 0.2) is 35.5 Å². The minimum absolute atomic E-state index is 0.0389. The molecule has 0 radical (unpaired) electrons. The second kappa shape index (κ2) is 3.73. The number of hydrogen-bond donors (Lipinski definition) is 0. The highest BCUT2D eigenvalue weighted by molar-refractivity contribution is 6.06. The summed E-state index contributed by atoms with van der Waals surface area (Å²) in [6, 6.07) is 2.05. The number of nitrogens with zero attached hydrogens (tertiary/aromatic N) is 1. The number of rotatable bonds is 0. The number of carbonyl (C=O) groups is 2. The Morgan fingerprint density at radius 2 is 1.96 bits per heavy atom. The van der Waals surface area contributed by atoms with Crippen LogP contribution in [0.2, 0.25) is 0 Å². The zero-order valence-electron chi connectivity index (χ0n) is 13.8. The van der Waals surface area contributed by atoms with Crippen LogP contribution in [0.1, 0.15) is 34.1 Å². The lowest BCUT2D eigenvalue weighted by Gasteiger charge is -2.54. The van der Waals surface area contributed by atoms with Crippen molar-refractivity contribution in [2.45, 2.75) is 45.8 Å². The molecule has 1 saturated carbocycles. The highest BCUT2D eigenvalue weighted by Crippen LogP contribution is 2.74. The summed E-state index contributed by atoms with van der Waals surface area (Å²) in [7, 11) is 0. The van der Waals surface area contributed by atoms with Crippen molar-refractivity contribution >= 4 is 11.6 Å². The number of ketones is 2. The summed E-state index contributed by atoms with van der Waals surface area (Å²) in [6.45, 7) is 7.83. The first-order chi connectivity index (χ1) is 10.6. The second-order valence-electron chi connectivity index (χ2n) is 8.08. The zero-order valence-corrected chi connectivity index (χ0v) is 13.8. The molecule has 4 nitrogen and oxygen atoms in total. The molecule has 2 fully saturated rings. The van der Waals surface area contributed by atoms with Crippen LogP contribution in [0, 0.1) is 27.6 Å². The molecular formula is C19H19NO3. The first kappa shape index (κ1) is 14.6. The van der Waals surface area contributed by atoms with Crippen LogP contribution in [0.25, 0.3) is 0 Å². The lowest BCUT2D eigenvalue weighted by molar-refractivity contribution is -0.130. The minimum Gasteiger partial charge on any atom is -0.364 e. The van der Waals surface area contributed by atoms with E-state index in [4.69, 9.17) is 4.74 Å². The van der Waals surface area contributed by atoms with Gasteiger partial charge in [0.05, 0.1) is 17.1 Å². The molecule has 0 aromatic heterocycles. The Morgan fingerprint density at radius 1 is 1.26 bits per heavy atom. The smallest absolute Gasteiger partial charge is 0.181 e. The van der Waals surface area contributed by atoms with Gasteiger partial charge < -0.3 is 4.74 Å². The highest BCUT2D eigenvalue weighted by Gasteiger charge is 2.81. The van der Waals surface area contributed by atoms with E-state index in [0.717, 1.165) is 12.0 Å². The van der Waals surface area contributed by atoms with Crippen molar-refractivity contribution in [1.82, 2.24) is 0 Å². The fourth-order valence-corrected chi connectivity index (χ4v) is 5.38. The molecule has 0 N–H and O–H groups in total. The van der Waals surface area contributed by atoms with Gasteiger partial charge in [0.1, 0.15) is 11.7 Å². The van der Waals surface area contributed by atoms with E-state index < -0.39 is 16.4 Å². The number of Topliss-reactive ketones (excluding diaryl/α,β-unsaturated/α-hetero) is 1. The van der Waals surface area contributed by atoms with E-state index in [9.17, 15) is 14.9 Å². The molecule has 0 aromatic carbocycles. The standard InChI is InChI=1S/C19H19NO3/c1-16(2)15(22)11(10-20)8-18(4)13-7-12(21)5-6-17(13,3)9-14-19(16,18)23-14/h5-8,14H,9H2,1-4H3/t14-,17+,18+,19+/m0/s1. The molecule has 1 heterocycles. The molecule has 4 aliphatic rings. The molecule has 0 amide bonds. The zero-order chi connectivity index (χ0) is 16.8. The van der Waals surface area contributed by atoms with Gasteiger partial charge in [0.15, 0.2) is 11.6 Å². The number of epoxide rings is 1. The van der Waals surface area contributed by atoms with E-state index >= 15 is 0 Å². The first-order valence-electron chi connectivity index (χ1n) is 7.94. The van der Waals surface area contributed by atoms with Crippen LogP contribution in [0.5, 0.6) is 0 Å². The number of carbonyl (C=O) groups excluding carboxylic acids is 2. The maximum absolute atomic E-state index is 12.7. The monoisotopic (exact) mass is 309 g/mol. The topological polar surface area (TPSA) is 70.5 Å². The van der Waals surface area contributed by atoms with E-state index in [-0.39, 0.29) is 28.7 Å². The minimum atomic E-state index is -0.793. The van der Waals surface area contributed by atoms with Crippen LogP contribution < -0.4 is 0 Å². The lowest BCUT2D eigenvalue weighted by Crippen LogP contribution is -2.60. The van der Waals surface area contributed by atoms with Crippen LogP contribution in [0.3, 0.4) is 0 Å². The molecule has 0 bridgehead atoms. The van der Waals surface area contributed by atoms with Gasteiger partial charge >= 0.3 is 0 Å². The van der Waals surface area contributed by atoms with Crippen molar-refractivity contribution in [2.24, 2.45) is 16.2 Å². The Morgan fingerprint density at radius 3 is 2.61 bits per heavy atom. The van der Waals surface area contributed by atoms with Crippen LogP contribution in [-0.2, 0) is 14.3 Å². The summed E-state index contributed by atoms with van der Waals surface area (Å²) in [5.41, 5.74) is -1.23. The van der Waals surface area contributed by atoms with E-state index in [0.29, 0.717) is 0 Å². The Bertz CT molecular complexity index is 809. The van der Waals surface area contributed by atoms with Gasteiger partial charge in [-0.05, 0) is 51.0 Å². The van der Waals surface area contributed by atoms with Gasteiger partial charge in [0.2, 0.25) is 0 Å². The van der Waals surface area contributed by atoms with Gasteiger partial charge in [0, 0.05) is 10.8 Å². The molecule has 23 heavy (non-hydrogen) atoms. The van der Waals surface area contributed by atoms with Crippen molar-refractivity contribution in [2.75, 3.05) is 0 Å². The molecule has 4 rings (SSSR count). The summed E-state index contributed by atoms with van der Waals surface area (Å²) in [4.78, 5) is 24.8. The molecule has 0 unspecified atom stereocenters. The van der Waals surface area contributed by atoms with E-state index in [1.165, 1.54) is 0 Å². The average Bonchev–Trinajstić information content (AvgIpc) is 3.21. The lowest BCUT2D eigenvalue weighted by atomic mass is 9.45. The Balaban J connectivity index is 2.03. The number of hydrogen-bond acceptors (Lipinski definition) is 4. The summed E-state index contributed by atoms with van der Waals surface area (Å²) >= 11 is 0. The molecule has 4 heteroatoms.